The third-order valence-corrected chi connectivity index (χ3v) is 4.12. The second kappa shape index (κ2) is 8.10. The average molecular weight is 377 g/mol. The Balaban J connectivity index is 1.54. The summed E-state index contributed by atoms with van der Waals surface area (Å²) in [7, 11) is 0. The molecule has 0 aliphatic heterocycles. The van der Waals surface area contributed by atoms with E-state index in [0.29, 0.717) is 17.5 Å². The van der Waals surface area contributed by atoms with Gasteiger partial charge in [0.2, 0.25) is 5.91 Å². The van der Waals surface area contributed by atoms with Crippen molar-refractivity contribution in [3.8, 4) is 11.3 Å². The minimum absolute atomic E-state index is 0.119. The normalized spacial score (nSPS) is 10.7. The molecule has 3 rings (SSSR count). The summed E-state index contributed by atoms with van der Waals surface area (Å²) in [6.45, 7) is 0.329. The van der Waals surface area contributed by atoms with Gasteiger partial charge in [0.15, 0.2) is 11.7 Å². The molecular weight excluding hydrogens is 362 g/mol. The largest absolute Gasteiger partial charge is 0.441 e. The fraction of sp³-hybridized carbons (Fsp3) is 0.158. The zero-order chi connectivity index (χ0) is 18.5. The maximum atomic E-state index is 13.8. The molecule has 7 heteroatoms. The van der Waals surface area contributed by atoms with Gasteiger partial charge in [-0.2, -0.15) is 0 Å². The summed E-state index contributed by atoms with van der Waals surface area (Å²) in [6, 6.07) is 10.5. The Morgan fingerprint density at radius 1 is 1.19 bits per heavy atom. The van der Waals surface area contributed by atoms with Gasteiger partial charge in [0.25, 0.3) is 0 Å². The number of hydrogen-bond donors (Lipinski definition) is 1. The first-order valence-electron chi connectivity index (χ1n) is 7.93. The number of nitrogens with zero attached hydrogens (tertiary/aromatic N) is 1. The smallest absolute Gasteiger partial charge is 0.220 e. The van der Waals surface area contributed by atoms with Crippen LogP contribution in [-0.4, -0.2) is 10.9 Å². The van der Waals surface area contributed by atoms with E-state index in [1.165, 1.54) is 12.3 Å². The molecule has 1 heterocycles. The lowest BCUT2D eigenvalue weighted by atomic mass is 10.2. The fourth-order valence-corrected chi connectivity index (χ4v) is 2.59. The van der Waals surface area contributed by atoms with Gasteiger partial charge in [-0.05, 0) is 23.8 Å². The fourth-order valence-electron chi connectivity index (χ4n) is 2.38. The monoisotopic (exact) mass is 376 g/mol. The van der Waals surface area contributed by atoms with E-state index in [0.717, 1.165) is 17.7 Å². The van der Waals surface area contributed by atoms with Crippen LogP contribution in [0.2, 0.25) is 5.02 Å². The van der Waals surface area contributed by atoms with Crippen molar-refractivity contribution in [3.63, 3.8) is 0 Å². The van der Waals surface area contributed by atoms with Crippen LogP contribution in [0.3, 0.4) is 0 Å². The van der Waals surface area contributed by atoms with Crippen LogP contribution in [0.25, 0.3) is 11.3 Å². The lowest BCUT2D eigenvalue weighted by Crippen LogP contribution is -2.23. The second-order valence-corrected chi connectivity index (χ2v) is 6.02. The molecular formula is C19H15ClF2N2O2. The van der Waals surface area contributed by atoms with Crippen molar-refractivity contribution in [3.05, 3.63) is 76.8 Å². The number of rotatable bonds is 6. The summed E-state index contributed by atoms with van der Waals surface area (Å²) >= 11 is 6.03. The van der Waals surface area contributed by atoms with E-state index in [1.54, 1.807) is 6.07 Å². The number of aryl methyl sites for hydroxylation is 1. The summed E-state index contributed by atoms with van der Waals surface area (Å²) in [4.78, 5) is 16.0. The van der Waals surface area contributed by atoms with Gasteiger partial charge >= 0.3 is 0 Å². The first kappa shape index (κ1) is 18.1. The van der Waals surface area contributed by atoms with Crippen LogP contribution in [0.1, 0.15) is 17.9 Å². The van der Waals surface area contributed by atoms with Gasteiger partial charge in [-0.25, -0.2) is 13.8 Å². The van der Waals surface area contributed by atoms with Gasteiger partial charge in [-0.15, -0.1) is 0 Å². The third-order valence-electron chi connectivity index (χ3n) is 3.75. The number of benzene rings is 2. The first-order chi connectivity index (χ1) is 12.5. The quantitative estimate of drug-likeness (QED) is 0.688. The molecule has 0 bridgehead atoms. The molecule has 1 N–H and O–H groups in total. The van der Waals surface area contributed by atoms with Crippen LogP contribution in [0.5, 0.6) is 0 Å². The molecule has 134 valence electrons. The van der Waals surface area contributed by atoms with E-state index < -0.39 is 11.6 Å². The Morgan fingerprint density at radius 2 is 2.00 bits per heavy atom. The van der Waals surface area contributed by atoms with Crippen LogP contribution in [0.4, 0.5) is 8.78 Å². The van der Waals surface area contributed by atoms with Crippen LogP contribution in [0.15, 0.2) is 53.1 Å². The molecule has 26 heavy (non-hydrogen) atoms. The van der Waals surface area contributed by atoms with Crippen molar-refractivity contribution in [1.82, 2.24) is 10.3 Å². The third kappa shape index (κ3) is 4.46. The highest BCUT2D eigenvalue weighted by molar-refractivity contribution is 6.31. The number of oxazole rings is 1. The zero-order valence-corrected chi connectivity index (χ0v) is 14.4. The number of hydrogen-bond acceptors (Lipinski definition) is 3. The lowest BCUT2D eigenvalue weighted by Gasteiger charge is -2.06. The molecule has 0 unspecified atom stereocenters. The number of carbonyl (C=O) groups excluding carboxylic acids is 1. The van der Waals surface area contributed by atoms with E-state index in [-0.39, 0.29) is 30.1 Å². The summed E-state index contributed by atoms with van der Waals surface area (Å²) in [5, 5.41) is 3.36. The molecule has 0 saturated heterocycles. The summed E-state index contributed by atoms with van der Waals surface area (Å²) < 4.78 is 32.2. The van der Waals surface area contributed by atoms with E-state index in [4.69, 9.17) is 16.0 Å². The SMILES string of the molecule is O=C(CCc1ncc(-c2ccc(F)cc2F)o1)NCc1ccccc1Cl. The summed E-state index contributed by atoms with van der Waals surface area (Å²) in [5.74, 6) is -1.09. The first-order valence-corrected chi connectivity index (χ1v) is 8.31. The Hall–Kier alpha value is -2.73. The van der Waals surface area contributed by atoms with Crippen molar-refractivity contribution < 1.29 is 18.0 Å². The second-order valence-electron chi connectivity index (χ2n) is 5.61. The predicted octanol–water partition coefficient (Wildman–Crippen LogP) is 4.52. The molecule has 0 radical (unpaired) electrons. The maximum absolute atomic E-state index is 13.8. The van der Waals surface area contributed by atoms with Crippen LogP contribution in [-0.2, 0) is 17.8 Å². The highest BCUT2D eigenvalue weighted by Gasteiger charge is 2.13. The van der Waals surface area contributed by atoms with Crippen molar-refractivity contribution in [2.24, 2.45) is 0 Å². The molecule has 3 aromatic rings. The molecule has 1 aromatic heterocycles. The Kier molecular flexibility index (Phi) is 5.63. The molecule has 0 saturated carbocycles. The lowest BCUT2D eigenvalue weighted by molar-refractivity contribution is -0.121. The zero-order valence-electron chi connectivity index (χ0n) is 13.6. The standard InChI is InChI=1S/C19H15ClF2N2O2/c20-15-4-2-1-3-12(15)10-23-18(25)7-8-19-24-11-17(26-19)14-6-5-13(21)9-16(14)22/h1-6,9,11H,7-8,10H2,(H,23,25). The molecule has 0 spiro atoms. The number of carbonyl (C=O) groups is 1. The van der Waals surface area contributed by atoms with Gasteiger partial charge < -0.3 is 9.73 Å². The molecule has 4 nitrogen and oxygen atoms in total. The number of amides is 1. The van der Waals surface area contributed by atoms with Gasteiger partial charge in [0.1, 0.15) is 11.6 Å². The number of aromatic nitrogens is 1. The molecule has 0 aliphatic carbocycles. The molecule has 1 amide bonds. The van der Waals surface area contributed by atoms with Gasteiger partial charge in [-0.1, -0.05) is 29.8 Å². The predicted molar refractivity (Wildman–Crippen MR) is 93.5 cm³/mol. The minimum atomic E-state index is -0.731. The van der Waals surface area contributed by atoms with E-state index in [9.17, 15) is 13.6 Å². The molecule has 0 atom stereocenters. The van der Waals surface area contributed by atoms with Crippen molar-refractivity contribution >= 4 is 17.5 Å². The van der Waals surface area contributed by atoms with Crippen LogP contribution >= 0.6 is 11.6 Å². The summed E-state index contributed by atoms with van der Waals surface area (Å²) in [5.41, 5.74) is 0.945. The van der Waals surface area contributed by atoms with Gasteiger partial charge in [0, 0.05) is 30.5 Å². The van der Waals surface area contributed by atoms with E-state index in [1.807, 2.05) is 18.2 Å². The number of halogens is 3. The van der Waals surface area contributed by atoms with Crippen LogP contribution in [0, 0.1) is 11.6 Å². The maximum Gasteiger partial charge on any atom is 0.220 e. The molecule has 2 aromatic carbocycles. The van der Waals surface area contributed by atoms with Gasteiger partial charge in [-0.3, -0.25) is 4.79 Å². The average Bonchev–Trinajstić information content (AvgIpc) is 3.08. The molecule has 0 fully saturated rings. The van der Waals surface area contributed by atoms with Crippen molar-refractivity contribution in [2.45, 2.75) is 19.4 Å². The minimum Gasteiger partial charge on any atom is -0.441 e. The van der Waals surface area contributed by atoms with Crippen LogP contribution < -0.4 is 5.32 Å². The summed E-state index contributed by atoms with van der Waals surface area (Å²) in [6.07, 6.45) is 1.78. The van der Waals surface area contributed by atoms with Crippen molar-refractivity contribution in [2.75, 3.05) is 0 Å². The van der Waals surface area contributed by atoms with E-state index >= 15 is 0 Å². The Bertz CT molecular complexity index is 927. The van der Waals surface area contributed by atoms with E-state index in [2.05, 4.69) is 10.3 Å². The topological polar surface area (TPSA) is 55.1 Å². The van der Waals surface area contributed by atoms with Crippen molar-refractivity contribution in [1.29, 1.82) is 0 Å². The number of nitrogens with one attached hydrogen (secondary N) is 1. The Morgan fingerprint density at radius 3 is 2.77 bits per heavy atom. The molecule has 0 aliphatic rings. The highest BCUT2D eigenvalue weighted by atomic mass is 35.5. The highest BCUT2D eigenvalue weighted by Crippen LogP contribution is 2.24. The van der Waals surface area contributed by atoms with Gasteiger partial charge in [0.05, 0.1) is 11.8 Å². The Labute approximate surface area is 153 Å².